The Kier molecular flexibility index (Phi) is 11.5. The van der Waals surface area contributed by atoms with E-state index >= 15 is 0 Å². The zero-order chi connectivity index (χ0) is 25.8. The van der Waals surface area contributed by atoms with Gasteiger partial charge in [-0.3, -0.25) is 4.79 Å². The molecule has 35 heavy (non-hydrogen) atoms. The van der Waals surface area contributed by atoms with E-state index in [0.717, 1.165) is 68.4 Å². The van der Waals surface area contributed by atoms with Gasteiger partial charge in [0.15, 0.2) is 6.54 Å². The fourth-order valence-electron chi connectivity index (χ4n) is 4.25. The van der Waals surface area contributed by atoms with Crippen molar-refractivity contribution in [2.24, 2.45) is 0 Å². The maximum atomic E-state index is 12.7. The van der Waals surface area contributed by atoms with Crippen LogP contribution < -0.4 is 10.4 Å². The number of carbonyl (C=O) groups excluding carboxylic acids is 1. The second kappa shape index (κ2) is 14.1. The Hall–Kier alpha value is -2.60. The number of fused-ring (bicyclic) bond motifs is 1. The van der Waals surface area contributed by atoms with E-state index in [2.05, 4.69) is 47.9 Å². The monoisotopic (exact) mass is 485 g/mol. The molecule has 2 rings (SSSR count). The van der Waals surface area contributed by atoms with Gasteiger partial charge >= 0.3 is 5.63 Å². The van der Waals surface area contributed by atoms with Crippen LogP contribution >= 0.6 is 0 Å². The van der Waals surface area contributed by atoms with Gasteiger partial charge in [-0.1, -0.05) is 25.5 Å². The molecule has 0 atom stereocenters. The first-order valence-electron chi connectivity index (χ1n) is 13.1. The summed E-state index contributed by atoms with van der Waals surface area (Å²) in [4.78, 5) is 26.6. The highest BCUT2D eigenvalue weighted by Gasteiger charge is 2.23. The van der Waals surface area contributed by atoms with Gasteiger partial charge in [0, 0.05) is 30.1 Å². The molecule has 6 heteroatoms. The Morgan fingerprint density at radius 1 is 1.03 bits per heavy atom. The highest BCUT2D eigenvalue weighted by Crippen LogP contribution is 2.28. The van der Waals surface area contributed by atoms with E-state index in [1.54, 1.807) is 6.07 Å². The Bertz CT molecular complexity index is 1030. The van der Waals surface area contributed by atoms with Gasteiger partial charge in [-0.2, -0.15) is 0 Å². The van der Waals surface area contributed by atoms with Crippen LogP contribution in [0.1, 0.15) is 65.4 Å². The second-order valence-corrected chi connectivity index (χ2v) is 10.3. The Morgan fingerprint density at radius 2 is 1.71 bits per heavy atom. The van der Waals surface area contributed by atoms with Crippen LogP contribution in [-0.2, 0) is 11.2 Å². The molecule has 0 saturated heterocycles. The quantitative estimate of drug-likeness (QED) is 0.143. The first-order chi connectivity index (χ1) is 16.7. The van der Waals surface area contributed by atoms with Crippen molar-refractivity contribution < 1.29 is 18.4 Å². The number of nitrogens with zero attached hydrogens (tertiary/aromatic N) is 2. The minimum atomic E-state index is -0.347. The summed E-state index contributed by atoms with van der Waals surface area (Å²) in [6.07, 6.45) is 7.80. The number of rotatable bonds is 15. The fourth-order valence-corrected chi connectivity index (χ4v) is 4.25. The van der Waals surface area contributed by atoms with Crippen LogP contribution in [0.15, 0.2) is 45.1 Å². The normalized spacial score (nSPS) is 11.5. The van der Waals surface area contributed by atoms with Gasteiger partial charge in [0.25, 0.3) is 5.91 Å². The molecule has 0 aliphatic heterocycles. The topological polar surface area (TPSA) is 59.8 Å². The van der Waals surface area contributed by atoms with Crippen LogP contribution in [0.3, 0.4) is 0 Å². The Morgan fingerprint density at radius 3 is 2.37 bits per heavy atom. The minimum Gasteiger partial charge on any atom is -0.493 e. The Balaban J connectivity index is 1.88. The number of likely N-dealkylation sites (N-methyl/N-ethyl adjacent to an activating group) is 1. The van der Waals surface area contributed by atoms with Crippen molar-refractivity contribution >= 4 is 16.9 Å². The zero-order valence-electron chi connectivity index (χ0n) is 22.7. The third-order valence-electron chi connectivity index (χ3n) is 6.13. The molecule has 0 aliphatic carbocycles. The van der Waals surface area contributed by atoms with Crippen molar-refractivity contribution in [2.45, 2.75) is 66.2 Å². The predicted molar refractivity (Wildman–Crippen MR) is 144 cm³/mol. The molecule has 0 saturated carbocycles. The van der Waals surface area contributed by atoms with E-state index in [1.165, 1.54) is 11.6 Å². The molecule has 6 nitrogen and oxygen atoms in total. The number of ether oxygens (including phenoxy) is 1. The largest absolute Gasteiger partial charge is 0.493 e. The van der Waals surface area contributed by atoms with Crippen LogP contribution in [0, 0.1) is 0 Å². The summed E-state index contributed by atoms with van der Waals surface area (Å²) < 4.78 is 12.4. The van der Waals surface area contributed by atoms with E-state index in [1.807, 2.05) is 17.0 Å². The minimum absolute atomic E-state index is 0.258. The number of allylic oxidation sites excluding steroid dienone is 2. The van der Waals surface area contributed by atoms with E-state index in [4.69, 9.17) is 9.15 Å². The lowest BCUT2D eigenvalue weighted by molar-refractivity contribution is -0.883. The molecular weight excluding hydrogens is 440 g/mol. The van der Waals surface area contributed by atoms with Crippen molar-refractivity contribution in [2.75, 3.05) is 46.9 Å². The maximum absolute atomic E-state index is 12.7. The first-order valence-corrected chi connectivity index (χ1v) is 13.1. The number of amides is 1. The number of hydrogen-bond donors (Lipinski definition) is 0. The lowest BCUT2D eigenvalue weighted by atomic mass is 10.1. The number of carbonyl (C=O) groups is 1. The van der Waals surface area contributed by atoms with Crippen LogP contribution in [0.4, 0.5) is 0 Å². The van der Waals surface area contributed by atoms with Crippen LogP contribution in [0.2, 0.25) is 0 Å². The number of hydrogen-bond acceptors (Lipinski definition) is 4. The molecule has 0 radical (unpaired) electrons. The molecule has 1 aromatic heterocycles. The van der Waals surface area contributed by atoms with Crippen molar-refractivity contribution in [1.82, 2.24) is 4.90 Å². The van der Waals surface area contributed by atoms with Crippen LogP contribution in [0.5, 0.6) is 5.75 Å². The van der Waals surface area contributed by atoms with Gasteiger partial charge in [-0.25, -0.2) is 4.79 Å². The predicted octanol–water partition coefficient (Wildman–Crippen LogP) is 5.58. The average molecular weight is 486 g/mol. The molecule has 0 bridgehead atoms. The number of unbranched alkanes of at least 4 members (excludes halogenated alkanes) is 2. The summed E-state index contributed by atoms with van der Waals surface area (Å²) in [6, 6.07) is 7.16. The molecule has 194 valence electrons. The summed E-state index contributed by atoms with van der Waals surface area (Å²) in [7, 11) is 4.28. The number of benzene rings is 1. The standard InChI is InChI=1S/C29H45N2O4/c1-7-18-30(19-8-2)27(32)22-31(5,6)20-10-9-11-21-34-26-16-13-24-14-17-28(33)35-29(24)25(26)15-12-23(3)4/h12-14,16-17H,7-11,15,18-22H2,1-6H3/q+1. The molecule has 0 fully saturated rings. The average Bonchev–Trinajstić information content (AvgIpc) is 2.79. The Labute approximate surface area is 211 Å². The maximum Gasteiger partial charge on any atom is 0.336 e. The van der Waals surface area contributed by atoms with Crippen LogP contribution in [-0.4, -0.2) is 62.2 Å². The fraction of sp³-hybridized carbons (Fsp3) is 0.586. The van der Waals surface area contributed by atoms with Gasteiger partial charge in [0.05, 0.1) is 27.2 Å². The second-order valence-electron chi connectivity index (χ2n) is 10.3. The third kappa shape index (κ3) is 9.52. The van der Waals surface area contributed by atoms with Gasteiger partial charge in [-0.15, -0.1) is 0 Å². The molecule has 1 aromatic carbocycles. The summed E-state index contributed by atoms with van der Waals surface area (Å²) in [5.41, 5.74) is 2.38. The van der Waals surface area contributed by atoms with Crippen molar-refractivity contribution in [3.05, 3.63) is 51.9 Å². The van der Waals surface area contributed by atoms with E-state index in [9.17, 15) is 9.59 Å². The van der Waals surface area contributed by atoms with Gasteiger partial charge in [-0.05, 0) is 70.6 Å². The summed E-state index contributed by atoms with van der Waals surface area (Å²) >= 11 is 0. The molecule has 1 heterocycles. The highest BCUT2D eigenvalue weighted by molar-refractivity contribution is 5.82. The summed E-state index contributed by atoms with van der Waals surface area (Å²) in [6.45, 7) is 12.2. The highest BCUT2D eigenvalue weighted by atomic mass is 16.5. The van der Waals surface area contributed by atoms with Gasteiger partial charge in [0.2, 0.25) is 0 Å². The third-order valence-corrected chi connectivity index (χ3v) is 6.13. The molecule has 0 spiro atoms. The number of quaternary nitrogens is 1. The van der Waals surface area contributed by atoms with Crippen molar-refractivity contribution in [3.8, 4) is 5.75 Å². The molecule has 0 aliphatic rings. The molecule has 1 amide bonds. The van der Waals surface area contributed by atoms with Gasteiger partial charge < -0.3 is 18.5 Å². The van der Waals surface area contributed by atoms with Crippen molar-refractivity contribution in [1.29, 1.82) is 0 Å². The molecule has 0 unspecified atom stereocenters. The molecule has 2 aromatic rings. The summed E-state index contributed by atoms with van der Waals surface area (Å²) in [5.74, 6) is 1.03. The molecular formula is C29H45N2O4+. The van der Waals surface area contributed by atoms with Crippen LogP contribution in [0.25, 0.3) is 11.0 Å². The first kappa shape index (κ1) is 28.6. The van der Waals surface area contributed by atoms with E-state index < -0.39 is 0 Å². The summed E-state index contributed by atoms with van der Waals surface area (Å²) in [5, 5.41) is 0.903. The zero-order valence-corrected chi connectivity index (χ0v) is 22.7. The van der Waals surface area contributed by atoms with Crippen molar-refractivity contribution in [3.63, 3.8) is 0 Å². The molecule has 0 N–H and O–H groups in total. The van der Waals surface area contributed by atoms with E-state index in [-0.39, 0.29) is 11.5 Å². The van der Waals surface area contributed by atoms with Gasteiger partial charge in [0.1, 0.15) is 11.3 Å². The SMILES string of the molecule is CCCN(CCC)C(=O)C[N+](C)(C)CCCCCOc1ccc2ccc(=O)oc2c1CC=C(C)C. The smallest absolute Gasteiger partial charge is 0.336 e. The lowest BCUT2D eigenvalue weighted by Gasteiger charge is -2.32. The lowest BCUT2D eigenvalue weighted by Crippen LogP contribution is -2.49. The van der Waals surface area contributed by atoms with E-state index in [0.29, 0.717) is 29.6 Å².